The van der Waals surface area contributed by atoms with Gasteiger partial charge in [-0.1, -0.05) is 45.5 Å². The van der Waals surface area contributed by atoms with Crippen molar-refractivity contribution in [1.82, 2.24) is 4.98 Å². The van der Waals surface area contributed by atoms with Crippen molar-refractivity contribution >= 4 is 11.4 Å². The van der Waals surface area contributed by atoms with Gasteiger partial charge in [0.15, 0.2) is 6.10 Å². The highest BCUT2D eigenvalue weighted by Gasteiger charge is 2.25. The smallest absolute Gasteiger partial charge is 0.174 e. The van der Waals surface area contributed by atoms with E-state index in [9.17, 15) is 0 Å². The second-order valence-electron chi connectivity index (χ2n) is 3.82. The van der Waals surface area contributed by atoms with Crippen LogP contribution in [0.15, 0.2) is 59.6 Å². The maximum absolute atomic E-state index is 5.39. The van der Waals surface area contributed by atoms with Crippen LogP contribution in [-0.4, -0.2) is 22.5 Å². The largest absolute Gasteiger partial charge is 0.385 e. The zero-order valence-electron chi connectivity index (χ0n) is 14.3. The highest BCUT2D eigenvalue weighted by atomic mass is 16.6. The maximum Gasteiger partial charge on any atom is 0.174 e. The number of pyridine rings is 1. The van der Waals surface area contributed by atoms with Crippen molar-refractivity contribution < 1.29 is 4.84 Å². The lowest BCUT2D eigenvalue weighted by Crippen LogP contribution is -2.18. The van der Waals surface area contributed by atoms with Crippen LogP contribution >= 0.6 is 0 Å². The lowest BCUT2D eigenvalue weighted by molar-refractivity contribution is 0.133. The Morgan fingerprint density at radius 3 is 2.64 bits per heavy atom. The minimum absolute atomic E-state index is 0.158. The Bertz CT molecular complexity index is 504. The molecule has 120 valence electrons. The van der Waals surface area contributed by atoms with Gasteiger partial charge in [0, 0.05) is 30.6 Å². The molecule has 1 aromatic rings. The molecule has 0 aliphatic carbocycles. The first kappa shape index (κ1) is 19.8. The second kappa shape index (κ2) is 12.5. The maximum atomic E-state index is 5.39. The Morgan fingerprint density at radius 2 is 2.09 bits per heavy atom. The molecule has 0 aromatic carbocycles. The average Bonchev–Trinajstić information content (AvgIpc) is 3.10. The highest BCUT2D eigenvalue weighted by Crippen LogP contribution is 2.17. The topological polar surface area (TPSA) is 46.8 Å². The van der Waals surface area contributed by atoms with E-state index in [4.69, 9.17) is 4.84 Å². The fourth-order valence-electron chi connectivity index (χ4n) is 1.67. The molecule has 0 radical (unpaired) electrons. The Labute approximate surface area is 134 Å². The zero-order valence-corrected chi connectivity index (χ0v) is 14.3. The first-order valence-electron chi connectivity index (χ1n) is 7.79. The highest BCUT2D eigenvalue weighted by molar-refractivity contribution is 6.07. The molecule has 0 fully saturated rings. The van der Waals surface area contributed by atoms with E-state index in [2.05, 4.69) is 21.7 Å². The summed E-state index contributed by atoms with van der Waals surface area (Å²) in [5.74, 6) is 0. The lowest BCUT2D eigenvalue weighted by Gasteiger charge is -2.06. The summed E-state index contributed by atoms with van der Waals surface area (Å²) in [7, 11) is 0. The molecule has 22 heavy (non-hydrogen) atoms. The predicted octanol–water partition coefficient (Wildman–Crippen LogP) is 4.79. The molecule has 2 rings (SSSR count). The number of rotatable bonds is 4. The molecule has 1 atom stereocenters. The van der Waals surface area contributed by atoms with Crippen molar-refractivity contribution in [1.29, 1.82) is 0 Å². The number of hydrogen-bond acceptors (Lipinski definition) is 4. The summed E-state index contributed by atoms with van der Waals surface area (Å²) in [6, 6.07) is 3.85. The first-order chi connectivity index (χ1) is 10.8. The molecule has 2 heterocycles. The number of allylic oxidation sites excluding steroid dienone is 1. The van der Waals surface area contributed by atoms with E-state index >= 15 is 0 Å². The number of hydrogen-bond donors (Lipinski definition) is 0. The number of aliphatic imine (C=N–C) groups is 1. The number of nitrogens with zero attached hydrogens (tertiary/aromatic N) is 3. The molecule has 4 heteroatoms. The van der Waals surface area contributed by atoms with Crippen LogP contribution in [-0.2, 0) is 4.84 Å². The predicted molar refractivity (Wildman–Crippen MR) is 95.4 cm³/mol. The summed E-state index contributed by atoms with van der Waals surface area (Å²) >= 11 is 0. The molecule has 1 unspecified atom stereocenters. The Balaban J connectivity index is 0.00000102. The van der Waals surface area contributed by atoms with Gasteiger partial charge in [-0.3, -0.25) is 9.98 Å². The molecule has 1 aliphatic heterocycles. The third-order valence-electron chi connectivity index (χ3n) is 2.58. The molecule has 0 saturated carbocycles. The number of oxime groups is 1. The minimum atomic E-state index is -0.158. The van der Waals surface area contributed by atoms with Crippen LogP contribution in [0, 0.1) is 0 Å². The standard InChI is InChI=1S/C14H15N3O.2C2H6/c1-3-7-16-12(4-2)14-9-13(17-18-14)11-6-5-8-15-10-11;2*1-2/h3-8,10,14H,2,9H2,1H3;2*1-2H3/b7-3-,16-12?;;. The number of aromatic nitrogens is 1. The van der Waals surface area contributed by atoms with E-state index in [1.165, 1.54) is 0 Å². The molecule has 0 amide bonds. The van der Waals surface area contributed by atoms with Gasteiger partial charge in [-0.05, 0) is 25.1 Å². The molecular weight excluding hydrogens is 274 g/mol. The second-order valence-corrected chi connectivity index (χ2v) is 3.82. The molecular formula is C18H27N3O. The van der Waals surface area contributed by atoms with Crippen LogP contribution < -0.4 is 0 Å². The lowest BCUT2D eigenvalue weighted by atomic mass is 10.0. The third kappa shape index (κ3) is 6.04. The van der Waals surface area contributed by atoms with E-state index in [0.29, 0.717) is 6.42 Å². The summed E-state index contributed by atoms with van der Waals surface area (Å²) in [5.41, 5.74) is 2.66. The third-order valence-corrected chi connectivity index (χ3v) is 2.58. The molecule has 0 bridgehead atoms. The van der Waals surface area contributed by atoms with Crippen LogP contribution in [0.4, 0.5) is 0 Å². The van der Waals surface area contributed by atoms with Crippen LogP contribution in [0.1, 0.15) is 46.6 Å². The summed E-state index contributed by atoms with van der Waals surface area (Å²) in [5, 5.41) is 4.09. The van der Waals surface area contributed by atoms with E-state index in [-0.39, 0.29) is 6.10 Å². The van der Waals surface area contributed by atoms with Gasteiger partial charge in [0.1, 0.15) is 0 Å². The van der Waals surface area contributed by atoms with Crippen LogP contribution in [0.25, 0.3) is 0 Å². The monoisotopic (exact) mass is 301 g/mol. The molecule has 0 N–H and O–H groups in total. The van der Waals surface area contributed by atoms with Crippen molar-refractivity contribution in [2.24, 2.45) is 10.1 Å². The Morgan fingerprint density at radius 1 is 1.36 bits per heavy atom. The van der Waals surface area contributed by atoms with Gasteiger partial charge in [0.25, 0.3) is 0 Å². The fourth-order valence-corrected chi connectivity index (χ4v) is 1.67. The average molecular weight is 301 g/mol. The molecule has 1 aliphatic rings. The van der Waals surface area contributed by atoms with Gasteiger partial charge in [-0.25, -0.2) is 0 Å². The van der Waals surface area contributed by atoms with E-state index < -0.39 is 0 Å². The summed E-state index contributed by atoms with van der Waals surface area (Å²) in [6.45, 7) is 13.7. The molecule has 1 aromatic heterocycles. The van der Waals surface area contributed by atoms with Crippen LogP contribution in [0.3, 0.4) is 0 Å². The van der Waals surface area contributed by atoms with Crippen LogP contribution in [0.5, 0.6) is 0 Å². The quantitative estimate of drug-likeness (QED) is 0.751. The Hall–Kier alpha value is -2.23. The van der Waals surface area contributed by atoms with E-state index in [1.54, 1.807) is 24.7 Å². The van der Waals surface area contributed by atoms with Gasteiger partial charge >= 0.3 is 0 Å². The summed E-state index contributed by atoms with van der Waals surface area (Å²) in [4.78, 5) is 13.7. The van der Waals surface area contributed by atoms with Gasteiger partial charge in [0.2, 0.25) is 0 Å². The van der Waals surface area contributed by atoms with E-state index in [0.717, 1.165) is 17.0 Å². The normalized spacial score (nSPS) is 16.7. The van der Waals surface area contributed by atoms with Crippen molar-refractivity contribution in [3.8, 4) is 0 Å². The van der Waals surface area contributed by atoms with E-state index in [1.807, 2.05) is 52.8 Å². The van der Waals surface area contributed by atoms with Crippen LogP contribution in [0.2, 0.25) is 0 Å². The Kier molecular flexibility index (Phi) is 11.2. The first-order valence-corrected chi connectivity index (χ1v) is 7.79. The van der Waals surface area contributed by atoms with Gasteiger partial charge in [-0.2, -0.15) is 0 Å². The molecule has 0 saturated heterocycles. The fraction of sp³-hybridized carbons (Fsp3) is 0.389. The van der Waals surface area contributed by atoms with Gasteiger partial charge in [-0.15, -0.1) is 0 Å². The molecule has 4 nitrogen and oxygen atoms in total. The molecule has 0 spiro atoms. The van der Waals surface area contributed by atoms with Gasteiger partial charge in [0.05, 0.1) is 11.4 Å². The van der Waals surface area contributed by atoms with Crippen molar-refractivity contribution in [3.05, 3.63) is 55.0 Å². The van der Waals surface area contributed by atoms with Crippen molar-refractivity contribution in [2.45, 2.75) is 47.1 Å². The van der Waals surface area contributed by atoms with Gasteiger partial charge < -0.3 is 4.84 Å². The zero-order chi connectivity index (χ0) is 16.8. The van der Waals surface area contributed by atoms with Crippen molar-refractivity contribution in [2.75, 3.05) is 0 Å². The van der Waals surface area contributed by atoms with Crippen molar-refractivity contribution in [3.63, 3.8) is 0 Å². The minimum Gasteiger partial charge on any atom is -0.385 e. The summed E-state index contributed by atoms with van der Waals surface area (Å²) in [6.07, 6.45) is 9.33. The SMILES string of the molecule is C=CC(=N/C=C\C)C1CC(c2cccnc2)=NO1.CC.CC. The summed E-state index contributed by atoms with van der Waals surface area (Å²) < 4.78 is 0.